The second kappa shape index (κ2) is 11.3. The molecular formula is C22H25Cl2N3O4. The van der Waals surface area contributed by atoms with Crippen molar-refractivity contribution in [1.82, 2.24) is 15.6 Å². The molecule has 0 atom stereocenters. The average Bonchev–Trinajstić information content (AvgIpc) is 2.79. The summed E-state index contributed by atoms with van der Waals surface area (Å²) in [5.41, 5.74) is 1.47. The number of aliphatic hydroxyl groups is 1. The molecule has 1 fully saturated rings. The summed E-state index contributed by atoms with van der Waals surface area (Å²) in [5, 5.41) is 15.8. The van der Waals surface area contributed by atoms with Crippen molar-refractivity contribution in [2.24, 2.45) is 5.92 Å². The highest BCUT2D eigenvalue weighted by Crippen LogP contribution is 2.27. The molecule has 2 aromatic rings. The molecule has 0 saturated heterocycles. The third-order valence-electron chi connectivity index (χ3n) is 5.23. The Kier molecular flexibility index (Phi) is 8.51. The van der Waals surface area contributed by atoms with Crippen LogP contribution in [0.1, 0.15) is 36.9 Å². The Labute approximate surface area is 191 Å². The molecule has 7 nitrogen and oxygen atoms in total. The van der Waals surface area contributed by atoms with Crippen LogP contribution in [0.5, 0.6) is 5.75 Å². The molecule has 0 radical (unpaired) electrons. The Hall–Kier alpha value is -2.35. The first-order valence-corrected chi connectivity index (χ1v) is 10.9. The van der Waals surface area contributed by atoms with Crippen molar-refractivity contribution >= 4 is 35.0 Å². The van der Waals surface area contributed by atoms with Gasteiger partial charge in [-0.2, -0.15) is 0 Å². The number of carbonyl (C=O) groups excluding carboxylic acids is 2. The van der Waals surface area contributed by atoms with E-state index in [0.717, 1.165) is 18.4 Å². The van der Waals surface area contributed by atoms with Gasteiger partial charge in [-0.15, -0.1) is 0 Å². The van der Waals surface area contributed by atoms with Gasteiger partial charge in [0.1, 0.15) is 5.75 Å². The summed E-state index contributed by atoms with van der Waals surface area (Å²) in [6, 6.07) is 8.36. The Morgan fingerprint density at radius 2 is 1.87 bits per heavy atom. The number of carbonyl (C=O) groups is 2. The number of benzene rings is 1. The van der Waals surface area contributed by atoms with Crippen LogP contribution in [0.25, 0.3) is 0 Å². The zero-order valence-corrected chi connectivity index (χ0v) is 18.5. The van der Waals surface area contributed by atoms with Gasteiger partial charge in [0, 0.05) is 24.2 Å². The zero-order chi connectivity index (χ0) is 22.2. The van der Waals surface area contributed by atoms with Gasteiger partial charge < -0.3 is 20.5 Å². The molecule has 31 heavy (non-hydrogen) atoms. The highest BCUT2D eigenvalue weighted by Gasteiger charge is 2.27. The molecule has 0 bridgehead atoms. The van der Waals surface area contributed by atoms with Crippen molar-refractivity contribution in [2.75, 3.05) is 6.61 Å². The number of aliphatic hydroxyl groups excluding tert-OH is 1. The van der Waals surface area contributed by atoms with Gasteiger partial charge in [0.05, 0.1) is 28.9 Å². The van der Waals surface area contributed by atoms with Crippen LogP contribution < -0.4 is 15.4 Å². The fraction of sp³-hybridized carbons (Fsp3) is 0.409. The lowest BCUT2D eigenvalue weighted by molar-refractivity contribution is -0.126. The highest BCUT2D eigenvalue weighted by molar-refractivity contribution is 6.42. The van der Waals surface area contributed by atoms with Crippen molar-refractivity contribution in [3.63, 3.8) is 0 Å². The summed E-state index contributed by atoms with van der Waals surface area (Å²) in [7, 11) is 0. The number of halogens is 2. The number of nitrogens with one attached hydrogen (secondary N) is 2. The largest absolute Gasteiger partial charge is 0.484 e. The van der Waals surface area contributed by atoms with Gasteiger partial charge in [0.15, 0.2) is 6.61 Å². The molecule has 1 aliphatic rings. The van der Waals surface area contributed by atoms with E-state index >= 15 is 0 Å². The quantitative estimate of drug-likeness (QED) is 0.555. The van der Waals surface area contributed by atoms with E-state index < -0.39 is 0 Å². The maximum Gasteiger partial charge on any atom is 0.258 e. The zero-order valence-electron chi connectivity index (χ0n) is 16.9. The van der Waals surface area contributed by atoms with Crippen molar-refractivity contribution in [3.05, 3.63) is 57.8 Å². The number of amides is 2. The molecule has 3 rings (SSSR count). The smallest absolute Gasteiger partial charge is 0.258 e. The number of pyridine rings is 1. The lowest BCUT2D eigenvalue weighted by atomic mass is 9.85. The monoisotopic (exact) mass is 465 g/mol. The third-order valence-corrected chi connectivity index (χ3v) is 5.97. The molecule has 1 heterocycles. The summed E-state index contributed by atoms with van der Waals surface area (Å²) in [5.74, 6) is 0.170. The number of aromatic nitrogens is 1. The van der Waals surface area contributed by atoms with E-state index in [2.05, 4.69) is 15.6 Å². The molecule has 9 heteroatoms. The summed E-state index contributed by atoms with van der Waals surface area (Å²) in [6.45, 7) is 0.158. The van der Waals surface area contributed by atoms with Crippen molar-refractivity contribution < 1.29 is 19.4 Å². The molecule has 1 aromatic carbocycles. The van der Waals surface area contributed by atoms with E-state index in [9.17, 15) is 14.7 Å². The minimum Gasteiger partial charge on any atom is -0.484 e. The summed E-state index contributed by atoms with van der Waals surface area (Å²) in [4.78, 5) is 28.8. The van der Waals surface area contributed by atoms with E-state index in [4.69, 9.17) is 27.9 Å². The Balaban J connectivity index is 1.37. The van der Waals surface area contributed by atoms with Gasteiger partial charge in [-0.1, -0.05) is 23.2 Å². The molecule has 2 amide bonds. The number of hydrogen-bond donors (Lipinski definition) is 3. The lowest BCUT2D eigenvalue weighted by Gasteiger charge is -2.28. The maximum atomic E-state index is 12.4. The molecule has 1 aromatic heterocycles. The predicted molar refractivity (Wildman–Crippen MR) is 118 cm³/mol. The second-order valence-corrected chi connectivity index (χ2v) is 8.33. The molecule has 0 aliphatic heterocycles. The standard InChI is InChI=1S/C22H25Cl2N3O4/c23-19-6-5-18(10-20(19)24)31-13-21(29)27-16-3-1-15(2-4-16)22(30)26-11-17-9-14(12-28)7-8-25-17/h5-10,15-16,28H,1-4,11-13H2,(H,26,30)(H,27,29). The topological polar surface area (TPSA) is 101 Å². The van der Waals surface area contributed by atoms with Gasteiger partial charge in [0.25, 0.3) is 5.91 Å². The van der Waals surface area contributed by atoms with E-state index in [1.54, 1.807) is 36.5 Å². The number of nitrogens with zero attached hydrogens (tertiary/aromatic N) is 1. The van der Waals surface area contributed by atoms with Gasteiger partial charge in [-0.25, -0.2) is 0 Å². The van der Waals surface area contributed by atoms with Crippen molar-refractivity contribution in [1.29, 1.82) is 0 Å². The van der Waals surface area contributed by atoms with Crippen LogP contribution in [-0.4, -0.2) is 34.6 Å². The third kappa shape index (κ3) is 7.09. The molecule has 1 saturated carbocycles. The number of rotatable bonds is 8. The minimum absolute atomic E-state index is 0.0103. The second-order valence-electron chi connectivity index (χ2n) is 7.51. The van der Waals surface area contributed by atoms with Gasteiger partial charge >= 0.3 is 0 Å². The summed E-state index contributed by atoms with van der Waals surface area (Å²) in [6.07, 6.45) is 4.49. The molecule has 0 unspecified atom stereocenters. The molecule has 0 spiro atoms. The molecule has 166 valence electrons. The van der Waals surface area contributed by atoms with Crippen molar-refractivity contribution in [2.45, 2.75) is 44.9 Å². The van der Waals surface area contributed by atoms with Gasteiger partial charge in [-0.05, 0) is 55.5 Å². The average molecular weight is 466 g/mol. The van der Waals surface area contributed by atoms with E-state index in [0.29, 0.717) is 40.9 Å². The van der Waals surface area contributed by atoms with E-state index in [1.165, 1.54) is 0 Å². The van der Waals surface area contributed by atoms with Crippen LogP contribution in [0.2, 0.25) is 10.0 Å². The van der Waals surface area contributed by atoms with Gasteiger partial charge in [0.2, 0.25) is 5.91 Å². The van der Waals surface area contributed by atoms with Crippen LogP contribution in [0.15, 0.2) is 36.5 Å². The SMILES string of the molecule is O=C(COc1ccc(Cl)c(Cl)c1)NC1CCC(C(=O)NCc2cc(CO)ccn2)CC1. The van der Waals surface area contributed by atoms with Crippen LogP contribution in [0, 0.1) is 5.92 Å². The first-order chi connectivity index (χ1) is 14.9. The fourth-order valence-electron chi connectivity index (χ4n) is 3.53. The molecule has 1 aliphatic carbocycles. The minimum atomic E-state index is -0.214. The lowest BCUT2D eigenvalue weighted by Crippen LogP contribution is -2.42. The van der Waals surface area contributed by atoms with Crippen LogP contribution in [0.4, 0.5) is 0 Å². The Morgan fingerprint density at radius 3 is 2.58 bits per heavy atom. The normalized spacial score (nSPS) is 18.3. The predicted octanol–water partition coefficient (Wildman–Crippen LogP) is 3.25. The summed E-state index contributed by atoms with van der Waals surface area (Å²) >= 11 is 11.8. The van der Waals surface area contributed by atoms with Gasteiger partial charge in [-0.3, -0.25) is 14.6 Å². The first-order valence-electron chi connectivity index (χ1n) is 10.1. The van der Waals surface area contributed by atoms with E-state index in [1.807, 2.05) is 0 Å². The number of hydrogen-bond acceptors (Lipinski definition) is 5. The van der Waals surface area contributed by atoms with E-state index in [-0.39, 0.29) is 37.0 Å². The number of ether oxygens (including phenoxy) is 1. The molecule has 3 N–H and O–H groups in total. The highest BCUT2D eigenvalue weighted by atomic mass is 35.5. The Bertz CT molecular complexity index is 917. The van der Waals surface area contributed by atoms with Crippen LogP contribution in [-0.2, 0) is 22.7 Å². The molecular weight excluding hydrogens is 441 g/mol. The van der Waals surface area contributed by atoms with Crippen LogP contribution in [0.3, 0.4) is 0 Å². The Morgan fingerprint density at radius 1 is 1.10 bits per heavy atom. The maximum absolute atomic E-state index is 12.4. The van der Waals surface area contributed by atoms with Crippen LogP contribution >= 0.6 is 23.2 Å². The fourth-order valence-corrected chi connectivity index (χ4v) is 3.82. The first kappa shape index (κ1) is 23.3. The van der Waals surface area contributed by atoms with Crippen molar-refractivity contribution in [3.8, 4) is 5.75 Å². The summed E-state index contributed by atoms with van der Waals surface area (Å²) < 4.78 is 5.45.